The Balaban J connectivity index is 2.06. The lowest BCUT2D eigenvalue weighted by atomic mass is 9.89. The van der Waals surface area contributed by atoms with Crippen LogP contribution in [0.3, 0.4) is 0 Å². The van der Waals surface area contributed by atoms with Gasteiger partial charge < -0.3 is 10.1 Å². The zero-order chi connectivity index (χ0) is 8.97. The van der Waals surface area contributed by atoms with Crippen LogP contribution in [0.25, 0.3) is 0 Å². The second kappa shape index (κ2) is 4.72. The Kier molecular flexibility index (Phi) is 3.88. The molecule has 0 atom stereocenters. The molecular formula is C8H15NO2S. The van der Waals surface area contributed by atoms with Gasteiger partial charge in [0.15, 0.2) is 0 Å². The van der Waals surface area contributed by atoms with Crippen molar-refractivity contribution < 1.29 is 9.53 Å². The molecule has 0 bridgehead atoms. The van der Waals surface area contributed by atoms with Gasteiger partial charge in [-0.25, -0.2) is 0 Å². The van der Waals surface area contributed by atoms with Gasteiger partial charge in [0.05, 0.1) is 6.10 Å². The quantitative estimate of drug-likeness (QED) is 0.636. The highest BCUT2D eigenvalue weighted by Gasteiger charge is 2.29. The van der Waals surface area contributed by atoms with E-state index in [1.807, 2.05) is 0 Å². The lowest BCUT2D eigenvalue weighted by Crippen LogP contribution is -2.47. The molecule has 0 aromatic heterocycles. The molecule has 0 heterocycles. The number of thiol groups is 1. The molecule has 0 radical (unpaired) electrons. The van der Waals surface area contributed by atoms with Gasteiger partial charge in [-0.05, 0) is 18.6 Å². The van der Waals surface area contributed by atoms with Crippen LogP contribution in [0.15, 0.2) is 0 Å². The molecule has 0 unspecified atom stereocenters. The zero-order valence-corrected chi connectivity index (χ0v) is 8.14. The van der Waals surface area contributed by atoms with Gasteiger partial charge in [-0.15, -0.1) is 0 Å². The molecule has 1 saturated carbocycles. The van der Waals surface area contributed by atoms with Gasteiger partial charge in [0.2, 0.25) is 5.91 Å². The average Bonchev–Trinajstić information content (AvgIpc) is 1.96. The third kappa shape index (κ3) is 2.68. The monoisotopic (exact) mass is 189 g/mol. The number of carbonyl (C=O) groups excluding carboxylic acids is 1. The molecule has 1 aliphatic carbocycles. The van der Waals surface area contributed by atoms with E-state index in [0.717, 1.165) is 12.8 Å². The second-order valence-electron chi connectivity index (χ2n) is 3.07. The first-order valence-corrected chi connectivity index (χ1v) is 4.82. The number of ether oxygens (including phenoxy) is 1. The Labute approximate surface area is 78.3 Å². The summed E-state index contributed by atoms with van der Waals surface area (Å²) in [5.41, 5.74) is 0. The van der Waals surface area contributed by atoms with Gasteiger partial charge in [0, 0.05) is 19.6 Å². The summed E-state index contributed by atoms with van der Waals surface area (Å²) in [5, 5.41) is 2.91. The molecule has 0 aromatic rings. The van der Waals surface area contributed by atoms with Crippen LogP contribution in [0.2, 0.25) is 0 Å². The Morgan fingerprint density at radius 1 is 1.67 bits per heavy atom. The van der Waals surface area contributed by atoms with Crippen molar-refractivity contribution in [3.63, 3.8) is 0 Å². The number of methoxy groups -OCH3 is 1. The fourth-order valence-corrected chi connectivity index (χ4v) is 1.48. The molecule has 0 aliphatic heterocycles. The highest BCUT2D eigenvalue weighted by Crippen LogP contribution is 2.22. The molecule has 0 spiro atoms. The van der Waals surface area contributed by atoms with Crippen molar-refractivity contribution in [1.82, 2.24) is 5.32 Å². The largest absolute Gasteiger partial charge is 0.381 e. The second-order valence-corrected chi connectivity index (χ2v) is 3.51. The average molecular weight is 189 g/mol. The van der Waals surface area contributed by atoms with Crippen LogP contribution < -0.4 is 5.32 Å². The molecular weight excluding hydrogens is 174 g/mol. The van der Waals surface area contributed by atoms with Gasteiger partial charge in [0.25, 0.3) is 0 Å². The molecule has 70 valence electrons. The third-order valence-corrected chi connectivity index (χ3v) is 2.36. The van der Waals surface area contributed by atoms with Gasteiger partial charge >= 0.3 is 0 Å². The summed E-state index contributed by atoms with van der Waals surface area (Å²) in [6, 6.07) is 0.335. The number of hydrogen-bond donors (Lipinski definition) is 2. The van der Waals surface area contributed by atoms with Crippen molar-refractivity contribution in [3.8, 4) is 0 Å². The summed E-state index contributed by atoms with van der Waals surface area (Å²) < 4.78 is 5.09. The molecule has 0 saturated heterocycles. The summed E-state index contributed by atoms with van der Waals surface area (Å²) in [4.78, 5) is 11.0. The normalized spacial score (nSPS) is 27.8. The fourth-order valence-electron chi connectivity index (χ4n) is 1.28. The molecule has 3 nitrogen and oxygen atoms in total. The van der Waals surface area contributed by atoms with Crippen LogP contribution in [-0.2, 0) is 9.53 Å². The zero-order valence-electron chi connectivity index (χ0n) is 7.25. The van der Waals surface area contributed by atoms with Crippen LogP contribution >= 0.6 is 12.6 Å². The maximum absolute atomic E-state index is 11.0. The van der Waals surface area contributed by atoms with E-state index in [1.165, 1.54) is 0 Å². The van der Waals surface area contributed by atoms with Crippen LogP contribution in [0.4, 0.5) is 0 Å². The maximum Gasteiger partial charge on any atom is 0.221 e. The molecule has 1 amide bonds. The van der Waals surface area contributed by atoms with E-state index in [-0.39, 0.29) is 5.91 Å². The third-order valence-electron chi connectivity index (χ3n) is 2.13. The number of amides is 1. The summed E-state index contributed by atoms with van der Waals surface area (Å²) in [5.74, 6) is 0.719. The van der Waals surface area contributed by atoms with Crippen molar-refractivity contribution in [2.45, 2.75) is 31.4 Å². The van der Waals surface area contributed by atoms with E-state index in [2.05, 4.69) is 17.9 Å². The predicted molar refractivity (Wildman–Crippen MR) is 50.4 cm³/mol. The van der Waals surface area contributed by atoms with Crippen molar-refractivity contribution in [2.75, 3.05) is 12.9 Å². The molecule has 1 fully saturated rings. The van der Waals surface area contributed by atoms with E-state index in [9.17, 15) is 4.79 Å². The highest BCUT2D eigenvalue weighted by atomic mass is 32.1. The topological polar surface area (TPSA) is 38.3 Å². The lowest BCUT2D eigenvalue weighted by molar-refractivity contribution is -0.123. The summed E-state index contributed by atoms with van der Waals surface area (Å²) in [6.45, 7) is 0. The molecule has 1 rings (SSSR count). The lowest BCUT2D eigenvalue weighted by Gasteiger charge is -2.34. The highest BCUT2D eigenvalue weighted by molar-refractivity contribution is 7.80. The number of nitrogens with one attached hydrogen (secondary N) is 1. The number of hydrogen-bond acceptors (Lipinski definition) is 3. The first-order chi connectivity index (χ1) is 5.76. The van der Waals surface area contributed by atoms with Gasteiger partial charge in [-0.1, -0.05) is 0 Å². The summed E-state index contributed by atoms with van der Waals surface area (Å²) >= 11 is 3.98. The first kappa shape index (κ1) is 9.86. The van der Waals surface area contributed by atoms with Gasteiger partial charge in [-0.2, -0.15) is 12.6 Å². The van der Waals surface area contributed by atoms with Crippen LogP contribution in [0.1, 0.15) is 19.3 Å². The van der Waals surface area contributed by atoms with Crippen molar-refractivity contribution in [1.29, 1.82) is 0 Å². The Morgan fingerprint density at radius 3 is 2.83 bits per heavy atom. The van der Waals surface area contributed by atoms with E-state index in [1.54, 1.807) is 7.11 Å². The minimum atomic E-state index is 0.101. The Bertz CT molecular complexity index is 157. The predicted octanol–water partition coefficient (Wildman–Crippen LogP) is 0.600. The SMILES string of the molecule is COC1CC(NC(=O)CCS)C1. The van der Waals surface area contributed by atoms with E-state index in [4.69, 9.17) is 4.74 Å². The number of carbonyl (C=O) groups is 1. The maximum atomic E-state index is 11.0. The minimum Gasteiger partial charge on any atom is -0.381 e. The Morgan fingerprint density at radius 2 is 2.33 bits per heavy atom. The summed E-state index contributed by atoms with van der Waals surface area (Å²) in [6.07, 6.45) is 2.77. The van der Waals surface area contributed by atoms with Crippen molar-refractivity contribution in [3.05, 3.63) is 0 Å². The molecule has 12 heavy (non-hydrogen) atoms. The first-order valence-electron chi connectivity index (χ1n) is 4.19. The molecule has 0 aromatic carbocycles. The molecule has 1 N–H and O–H groups in total. The molecule has 4 heteroatoms. The minimum absolute atomic E-state index is 0.101. The summed E-state index contributed by atoms with van der Waals surface area (Å²) in [7, 11) is 1.70. The van der Waals surface area contributed by atoms with E-state index in [0.29, 0.717) is 24.3 Å². The number of rotatable bonds is 4. The standard InChI is InChI=1S/C8H15NO2S/c1-11-7-4-6(5-7)9-8(10)2-3-12/h6-7,12H,2-5H2,1H3,(H,9,10). The van der Waals surface area contributed by atoms with Gasteiger partial charge in [0.1, 0.15) is 0 Å². The Hall–Kier alpha value is -0.220. The van der Waals surface area contributed by atoms with Gasteiger partial charge in [-0.3, -0.25) is 4.79 Å². The van der Waals surface area contributed by atoms with Crippen LogP contribution in [0, 0.1) is 0 Å². The fraction of sp³-hybridized carbons (Fsp3) is 0.875. The van der Waals surface area contributed by atoms with Crippen molar-refractivity contribution >= 4 is 18.5 Å². The van der Waals surface area contributed by atoms with E-state index < -0.39 is 0 Å². The smallest absolute Gasteiger partial charge is 0.221 e. The molecule has 1 aliphatic rings. The van der Waals surface area contributed by atoms with Crippen LogP contribution in [-0.4, -0.2) is 30.9 Å². The van der Waals surface area contributed by atoms with Crippen LogP contribution in [0.5, 0.6) is 0 Å². The van der Waals surface area contributed by atoms with Crippen molar-refractivity contribution in [2.24, 2.45) is 0 Å². The van der Waals surface area contributed by atoms with E-state index >= 15 is 0 Å².